The van der Waals surface area contributed by atoms with Gasteiger partial charge in [-0.2, -0.15) is 0 Å². The number of hydrogen-bond donors (Lipinski definition) is 7. The SMILES string of the molecule is COc1cc(O[C@H]2OC[C@@H](O[C@@H]3OC[C@H](O)[C@H](O)[C@@H]3O)[C@@H](O)[C@H]2O)c2c(=O)c3c(O)c(O)ccc3oc2c1. The van der Waals surface area contributed by atoms with Crippen molar-refractivity contribution in [2.24, 2.45) is 0 Å². The number of phenols is 2. The summed E-state index contributed by atoms with van der Waals surface area (Å²) in [5.41, 5.74) is -0.743. The first kappa shape index (κ1) is 26.4. The molecular weight excluding hydrogens is 512 g/mol. The maximum atomic E-state index is 13.3. The van der Waals surface area contributed by atoms with Gasteiger partial charge < -0.3 is 63.8 Å². The largest absolute Gasteiger partial charge is 0.504 e. The Morgan fingerprint density at radius 2 is 1.55 bits per heavy atom. The van der Waals surface area contributed by atoms with Crippen LogP contribution in [0.4, 0.5) is 0 Å². The number of rotatable bonds is 5. The molecular formula is C24H26O14. The molecule has 7 N–H and O–H groups in total. The predicted octanol–water partition coefficient (Wildman–Crippen LogP) is -1.35. The third kappa shape index (κ3) is 4.50. The van der Waals surface area contributed by atoms with Crippen LogP contribution in [-0.2, 0) is 14.2 Å². The molecule has 3 aromatic rings. The number of ether oxygens (including phenoxy) is 5. The van der Waals surface area contributed by atoms with Gasteiger partial charge in [-0.05, 0) is 12.1 Å². The van der Waals surface area contributed by atoms with Crippen LogP contribution in [-0.4, -0.2) is 105 Å². The van der Waals surface area contributed by atoms with E-state index < -0.39 is 66.1 Å². The summed E-state index contributed by atoms with van der Waals surface area (Å²) in [5.74, 6) is -1.17. The molecule has 2 fully saturated rings. The lowest BCUT2D eigenvalue weighted by Gasteiger charge is -2.41. The molecule has 0 amide bonds. The summed E-state index contributed by atoms with van der Waals surface area (Å²) in [5, 5.41) is 70.5. The van der Waals surface area contributed by atoms with Crippen LogP contribution in [0.3, 0.4) is 0 Å². The number of methoxy groups -OCH3 is 1. The average Bonchev–Trinajstić information content (AvgIpc) is 2.90. The highest BCUT2D eigenvalue weighted by atomic mass is 16.7. The van der Waals surface area contributed by atoms with Gasteiger partial charge >= 0.3 is 0 Å². The monoisotopic (exact) mass is 538 g/mol. The molecule has 8 atom stereocenters. The van der Waals surface area contributed by atoms with E-state index in [1.165, 1.54) is 25.3 Å². The van der Waals surface area contributed by atoms with Crippen molar-refractivity contribution < 1.29 is 63.8 Å². The molecule has 14 nitrogen and oxygen atoms in total. The standard InChI is InChI=1S/C24H26O14/c1-33-8-4-12-15(20(30)16-11(36-12)3-2-9(25)17(16)27)13(5-8)37-24-22(32)19(29)14(7-35-24)38-23-21(31)18(28)10(26)6-34-23/h2-5,10,14,18-19,21-29,31-32H,6-7H2,1H3/t10-,14+,18-,19+,21-,22+,23-,24+/m0/s1. The lowest BCUT2D eigenvalue weighted by atomic mass is 10.0. The van der Waals surface area contributed by atoms with Crippen molar-refractivity contribution in [2.75, 3.05) is 20.3 Å². The molecule has 5 rings (SSSR count). The van der Waals surface area contributed by atoms with Crippen molar-refractivity contribution in [1.82, 2.24) is 0 Å². The van der Waals surface area contributed by atoms with Gasteiger partial charge in [0.25, 0.3) is 0 Å². The van der Waals surface area contributed by atoms with E-state index in [-0.39, 0.29) is 46.7 Å². The van der Waals surface area contributed by atoms with E-state index in [2.05, 4.69) is 0 Å². The number of hydrogen-bond acceptors (Lipinski definition) is 14. The Bertz CT molecular complexity index is 1390. The number of aliphatic hydroxyl groups excluding tert-OH is 5. The van der Waals surface area contributed by atoms with Gasteiger partial charge in [0.15, 0.2) is 17.8 Å². The highest BCUT2D eigenvalue weighted by molar-refractivity contribution is 5.97. The Balaban J connectivity index is 1.42. The molecule has 0 saturated carbocycles. The molecule has 14 heteroatoms. The summed E-state index contributed by atoms with van der Waals surface area (Å²) in [4.78, 5) is 13.3. The van der Waals surface area contributed by atoms with Crippen molar-refractivity contribution in [3.05, 3.63) is 34.5 Å². The smallest absolute Gasteiger partial charge is 0.228 e. The van der Waals surface area contributed by atoms with Gasteiger partial charge in [0.1, 0.15) is 70.1 Å². The zero-order valence-electron chi connectivity index (χ0n) is 19.8. The maximum Gasteiger partial charge on any atom is 0.228 e. The van der Waals surface area contributed by atoms with Crippen molar-refractivity contribution in [3.63, 3.8) is 0 Å². The van der Waals surface area contributed by atoms with Crippen LogP contribution in [0.5, 0.6) is 23.0 Å². The Labute approximate surface area is 213 Å². The fourth-order valence-corrected chi connectivity index (χ4v) is 4.38. The number of phenolic OH excluding ortho intramolecular Hbond substituents is 2. The first-order valence-electron chi connectivity index (χ1n) is 11.6. The van der Waals surface area contributed by atoms with E-state index in [0.717, 1.165) is 6.07 Å². The van der Waals surface area contributed by atoms with E-state index in [1.54, 1.807) is 0 Å². The predicted molar refractivity (Wildman–Crippen MR) is 125 cm³/mol. The minimum absolute atomic E-state index is 0.00822. The van der Waals surface area contributed by atoms with Gasteiger partial charge in [0.05, 0.1) is 20.3 Å². The van der Waals surface area contributed by atoms with Crippen LogP contribution >= 0.6 is 0 Å². The molecule has 2 aliphatic rings. The van der Waals surface area contributed by atoms with E-state index in [9.17, 15) is 40.5 Å². The van der Waals surface area contributed by atoms with E-state index in [0.29, 0.717) is 0 Å². The van der Waals surface area contributed by atoms with Gasteiger partial charge in [-0.3, -0.25) is 4.79 Å². The van der Waals surface area contributed by atoms with Crippen LogP contribution in [0.2, 0.25) is 0 Å². The second kappa shape index (κ2) is 10.2. The summed E-state index contributed by atoms with van der Waals surface area (Å²) >= 11 is 0. The van der Waals surface area contributed by atoms with E-state index in [1.807, 2.05) is 0 Å². The Morgan fingerprint density at radius 3 is 2.29 bits per heavy atom. The minimum atomic E-state index is -1.73. The van der Waals surface area contributed by atoms with Crippen LogP contribution in [0.25, 0.3) is 21.9 Å². The fourth-order valence-electron chi connectivity index (χ4n) is 4.38. The van der Waals surface area contributed by atoms with Gasteiger partial charge in [-0.15, -0.1) is 0 Å². The summed E-state index contributed by atoms with van der Waals surface area (Å²) < 4.78 is 32.9. The van der Waals surface area contributed by atoms with Crippen molar-refractivity contribution in [3.8, 4) is 23.0 Å². The first-order valence-corrected chi connectivity index (χ1v) is 11.6. The topological polar surface area (TPSA) is 218 Å². The van der Waals surface area contributed by atoms with Gasteiger partial charge in [-0.1, -0.05) is 0 Å². The Morgan fingerprint density at radius 1 is 0.842 bits per heavy atom. The molecule has 38 heavy (non-hydrogen) atoms. The molecule has 2 saturated heterocycles. The number of fused-ring (bicyclic) bond motifs is 2. The quantitative estimate of drug-likeness (QED) is 0.148. The van der Waals surface area contributed by atoms with Crippen LogP contribution in [0.1, 0.15) is 0 Å². The normalized spacial score (nSPS) is 31.9. The van der Waals surface area contributed by atoms with Crippen molar-refractivity contribution >= 4 is 21.9 Å². The van der Waals surface area contributed by atoms with Crippen LogP contribution < -0.4 is 14.9 Å². The number of benzene rings is 2. The van der Waals surface area contributed by atoms with Crippen molar-refractivity contribution in [1.29, 1.82) is 0 Å². The van der Waals surface area contributed by atoms with Crippen LogP contribution in [0.15, 0.2) is 33.5 Å². The zero-order chi connectivity index (χ0) is 27.3. The third-order valence-electron chi connectivity index (χ3n) is 6.51. The lowest BCUT2D eigenvalue weighted by Crippen LogP contribution is -2.60. The minimum Gasteiger partial charge on any atom is -0.504 e. The summed E-state index contributed by atoms with van der Waals surface area (Å²) in [7, 11) is 1.36. The first-order chi connectivity index (χ1) is 18.1. The number of aliphatic hydroxyl groups is 5. The highest BCUT2D eigenvalue weighted by Crippen LogP contribution is 2.37. The molecule has 0 aliphatic carbocycles. The molecule has 1 aromatic heterocycles. The maximum absolute atomic E-state index is 13.3. The molecule has 0 unspecified atom stereocenters. The molecule has 0 bridgehead atoms. The summed E-state index contributed by atoms with van der Waals surface area (Å²) in [6.07, 6.45) is -12.0. The Hall–Kier alpha value is -3.21. The van der Waals surface area contributed by atoms with Gasteiger partial charge in [-0.25, -0.2) is 0 Å². The zero-order valence-corrected chi connectivity index (χ0v) is 19.8. The van der Waals surface area contributed by atoms with E-state index >= 15 is 0 Å². The molecule has 0 spiro atoms. The Kier molecular flexibility index (Phi) is 7.06. The third-order valence-corrected chi connectivity index (χ3v) is 6.51. The molecule has 206 valence electrons. The summed E-state index contributed by atoms with van der Waals surface area (Å²) in [6, 6.07) is 5.19. The highest BCUT2D eigenvalue weighted by Gasteiger charge is 2.45. The van der Waals surface area contributed by atoms with E-state index in [4.69, 9.17) is 28.1 Å². The number of aromatic hydroxyl groups is 2. The average molecular weight is 538 g/mol. The fraction of sp³-hybridized carbons (Fsp3) is 0.458. The molecule has 0 radical (unpaired) electrons. The molecule has 2 aliphatic heterocycles. The summed E-state index contributed by atoms with van der Waals surface area (Å²) in [6.45, 7) is -0.684. The van der Waals surface area contributed by atoms with Gasteiger partial charge in [0, 0.05) is 12.1 Å². The van der Waals surface area contributed by atoms with Gasteiger partial charge in [0.2, 0.25) is 11.7 Å². The molecule has 3 heterocycles. The molecule has 2 aromatic carbocycles. The van der Waals surface area contributed by atoms with Crippen molar-refractivity contribution in [2.45, 2.75) is 49.2 Å². The second-order valence-electron chi connectivity index (χ2n) is 8.96. The lowest BCUT2D eigenvalue weighted by molar-refractivity contribution is -0.320. The second-order valence-corrected chi connectivity index (χ2v) is 8.96. The van der Waals surface area contributed by atoms with Crippen LogP contribution in [0, 0.1) is 0 Å².